The van der Waals surface area contributed by atoms with Crippen molar-refractivity contribution in [1.82, 2.24) is 0 Å². The summed E-state index contributed by atoms with van der Waals surface area (Å²) in [5, 5.41) is 0.801. The number of anilines is 1. The van der Waals surface area contributed by atoms with Gasteiger partial charge in [0.15, 0.2) is 5.96 Å². The highest BCUT2D eigenvalue weighted by Gasteiger charge is 2.24. The highest BCUT2D eigenvalue weighted by molar-refractivity contribution is 6.35. The zero-order valence-corrected chi connectivity index (χ0v) is 14.4. The lowest BCUT2D eigenvalue weighted by Crippen LogP contribution is -2.26. The van der Waals surface area contributed by atoms with Crippen molar-refractivity contribution >= 4 is 46.7 Å². The van der Waals surface area contributed by atoms with E-state index in [2.05, 4.69) is 4.99 Å². The second kappa shape index (κ2) is 6.94. The van der Waals surface area contributed by atoms with Gasteiger partial charge >= 0.3 is 5.91 Å². The summed E-state index contributed by atoms with van der Waals surface area (Å²) in [6.07, 6.45) is 0. The largest absolute Gasteiger partial charge is 0.448 e. The number of carbonyl (C=O) groups excluding carboxylic acids is 2. The smallest absolute Gasteiger partial charge is 0.318 e. The lowest BCUT2D eigenvalue weighted by atomic mass is 10.1. The van der Waals surface area contributed by atoms with E-state index in [0.29, 0.717) is 15.6 Å². The van der Waals surface area contributed by atoms with Gasteiger partial charge in [0.05, 0.1) is 10.7 Å². The van der Waals surface area contributed by atoms with Crippen molar-refractivity contribution in [3.05, 3.63) is 40.1 Å². The van der Waals surface area contributed by atoms with E-state index in [-0.39, 0.29) is 23.1 Å². The molecule has 1 aromatic carbocycles. The summed E-state index contributed by atoms with van der Waals surface area (Å²) in [5.74, 6) is -1.48. The molecule has 24 heavy (non-hydrogen) atoms. The fourth-order valence-electron chi connectivity index (χ4n) is 1.94. The van der Waals surface area contributed by atoms with Gasteiger partial charge < -0.3 is 20.8 Å². The van der Waals surface area contributed by atoms with Gasteiger partial charge in [0, 0.05) is 30.6 Å². The fourth-order valence-corrected chi connectivity index (χ4v) is 2.32. The Bertz CT molecular complexity index is 841. The van der Waals surface area contributed by atoms with E-state index in [1.165, 1.54) is 24.9 Å². The average molecular weight is 369 g/mol. The minimum absolute atomic E-state index is 0.188. The minimum atomic E-state index is -0.817. The van der Waals surface area contributed by atoms with E-state index in [4.69, 9.17) is 39.1 Å². The van der Waals surface area contributed by atoms with Crippen LogP contribution in [0.2, 0.25) is 10.0 Å². The summed E-state index contributed by atoms with van der Waals surface area (Å²) in [7, 11) is 1.49. The van der Waals surface area contributed by atoms with E-state index in [0.717, 1.165) is 0 Å². The van der Waals surface area contributed by atoms with Crippen LogP contribution in [0.3, 0.4) is 0 Å². The van der Waals surface area contributed by atoms with Gasteiger partial charge in [-0.25, -0.2) is 0 Å². The number of nitrogens with zero attached hydrogens (tertiary/aromatic N) is 2. The summed E-state index contributed by atoms with van der Waals surface area (Å²) in [6.45, 7) is 1.34. The van der Waals surface area contributed by atoms with Crippen LogP contribution in [0, 0.1) is 0 Å². The van der Waals surface area contributed by atoms with Gasteiger partial charge in [-0.2, -0.15) is 4.99 Å². The first-order valence-corrected chi connectivity index (χ1v) is 7.43. The van der Waals surface area contributed by atoms with Crippen LogP contribution in [0.5, 0.6) is 0 Å². The number of hydrogen-bond donors (Lipinski definition) is 2. The quantitative estimate of drug-likeness (QED) is 0.638. The van der Waals surface area contributed by atoms with Crippen molar-refractivity contribution in [3.8, 4) is 11.3 Å². The van der Waals surface area contributed by atoms with Crippen LogP contribution in [0.25, 0.3) is 11.3 Å². The molecule has 2 aromatic rings. The summed E-state index contributed by atoms with van der Waals surface area (Å²) in [6, 6.07) is 6.28. The molecule has 0 aliphatic rings. The molecule has 0 saturated heterocycles. The second-order valence-electron chi connectivity index (χ2n) is 4.87. The minimum Gasteiger partial charge on any atom is -0.448 e. The molecular formula is C15H14Cl2N4O3. The predicted molar refractivity (Wildman–Crippen MR) is 93.4 cm³/mol. The van der Waals surface area contributed by atoms with Gasteiger partial charge in [-0.1, -0.05) is 23.2 Å². The van der Waals surface area contributed by atoms with Crippen molar-refractivity contribution in [3.63, 3.8) is 0 Å². The molecule has 0 saturated carbocycles. The predicted octanol–water partition coefficient (Wildman–Crippen LogP) is 2.65. The fraction of sp³-hybridized carbons (Fsp3) is 0.133. The molecule has 4 N–H and O–H groups in total. The first kappa shape index (κ1) is 17.8. The van der Waals surface area contributed by atoms with Crippen molar-refractivity contribution in [2.24, 2.45) is 16.5 Å². The molecule has 0 radical (unpaired) electrons. The maximum Gasteiger partial charge on any atom is 0.318 e. The van der Waals surface area contributed by atoms with Crippen molar-refractivity contribution < 1.29 is 14.0 Å². The van der Waals surface area contributed by atoms with Gasteiger partial charge in [0.2, 0.25) is 11.7 Å². The zero-order chi connectivity index (χ0) is 18.0. The van der Waals surface area contributed by atoms with Crippen molar-refractivity contribution in [1.29, 1.82) is 0 Å². The maximum absolute atomic E-state index is 12.2. The number of aliphatic imine (C=N–C) groups is 1. The Morgan fingerprint density at radius 3 is 2.46 bits per heavy atom. The number of benzene rings is 1. The molecule has 126 valence electrons. The first-order chi connectivity index (χ1) is 11.2. The number of guanidine groups is 1. The second-order valence-corrected chi connectivity index (χ2v) is 5.71. The molecule has 2 rings (SSSR count). The Morgan fingerprint density at radius 2 is 1.88 bits per heavy atom. The standard InChI is InChI=1S/C15H14Cl2N4O3/c1-7(22)21(2)11-6-12(9-5-8(16)3-4-10(9)17)24-13(11)14(23)20-15(18)19/h3-6H,1-2H3,(H4,18,19,20,23). The van der Waals surface area contributed by atoms with Gasteiger partial charge in [0.1, 0.15) is 5.76 Å². The lowest BCUT2D eigenvalue weighted by molar-refractivity contribution is -0.116. The van der Waals surface area contributed by atoms with Crippen LogP contribution < -0.4 is 16.4 Å². The van der Waals surface area contributed by atoms with Crippen LogP contribution in [0.1, 0.15) is 17.5 Å². The third-order valence-corrected chi connectivity index (χ3v) is 3.73. The van der Waals surface area contributed by atoms with Crippen molar-refractivity contribution in [2.45, 2.75) is 6.92 Å². The molecule has 0 aliphatic carbocycles. The topological polar surface area (TPSA) is 115 Å². The number of carbonyl (C=O) groups is 2. The van der Waals surface area contributed by atoms with Crippen LogP contribution in [-0.4, -0.2) is 24.8 Å². The Morgan fingerprint density at radius 1 is 1.21 bits per heavy atom. The summed E-state index contributed by atoms with van der Waals surface area (Å²) < 4.78 is 5.57. The number of nitrogens with two attached hydrogens (primary N) is 2. The summed E-state index contributed by atoms with van der Waals surface area (Å²) in [5.41, 5.74) is 11.1. The molecule has 0 aliphatic heterocycles. The van der Waals surface area contributed by atoms with Crippen LogP contribution in [-0.2, 0) is 4.79 Å². The van der Waals surface area contributed by atoms with Gasteiger partial charge in [-0.3, -0.25) is 9.59 Å². The molecule has 0 unspecified atom stereocenters. The van der Waals surface area contributed by atoms with E-state index in [9.17, 15) is 9.59 Å². The first-order valence-electron chi connectivity index (χ1n) is 6.68. The molecule has 2 amide bonds. The Balaban J connectivity index is 2.64. The third-order valence-electron chi connectivity index (χ3n) is 3.16. The SMILES string of the molecule is CC(=O)N(C)c1cc(-c2cc(Cl)ccc2Cl)oc1C(=O)N=C(N)N. The number of halogens is 2. The Labute approximate surface area is 147 Å². The molecule has 7 nitrogen and oxygen atoms in total. The van der Waals surface area contributed by atoms with Crippen molar-refractivity contribution in [2.75, 3.05) is 11.9 Å². The van der Waals surface area contributed by atoms with Crippen LogP contribution in [0.4, 0.5) is 5.69 Å². The molecule has 0 spiro atoms. The van der Waals surface area contributed by atoms with Gasteiger partial charge in [-0.05, 0) is 18.2 Å². The van der Waals surface area contributed by atoms with E-state index in [1.54, 1.807) is 18.2 Å². The van der Waals surface area contributed by atoms with E-state index < -0.39 is 11.9 Å². The highest BCUT2D eigenvalue weighted by Crippen LogP contribution is 2.36. The normalized spacial score (nSPS) is 10.3. The number of furan rings is 1. The molecular weight excluding hydrogens is 355 g/mol. The molecule has 0 fully saturated rings. The zero-order valence-electron chi connectivity index (χ0n) is 12.8. The lowest BCUT2D eigenvalue weighted by Gasteiger charge is -2.12. The van der Waals surface area contributed by atoms with E-state index >= 15 is 0 Å². The molecule has 1 heterocycles. The highest BCUT2D eigenvalue weighted by atomic mass is 35.5. The van der Waals surface area contributed by atoms with Gasteiger partial charge in [-0.15, -0.1) is 0 Å². The van der Waals surface area contributed by atoms with Crippen LogP contribution >= 0.6 is 23.2 Å². The summed E-state index contributed by atoms with van der Waals surface area (Å²) in [4.78, 5) is 28.5. The Kier molecular flexibility index (Phi) is 5.16. The van der Waals surface area contributed by atoms with E-state index in [1.807, 2.05) is 0 Å². The third kappa shape index (κ3) is 3.69. The molecule has 0 bridgehead atoms. The number of hydrogen-bond acceptors (Lipinski definition) is 3. The molecule has 9 heteroatoms. The Hall–Kier alpha value is -2.51. The van der Waals surface area contributed by atoms with Gasteiger partial charge in [0.25, 0.3) is 0 Å². The van der Waals surface area contributed by atoms with Crippen LogP contribution in [0.15, 0.2) is 33.7 Å². The summed E-state index contributed by atoms with van der Waals surface area (Å²) >= 11 is 12.1. The average Bonchev–Trinajstić information content (AvgIpc) is 2.93. The number of rotatable bonds is 3. The molecule has 1 aromatic heterocycles. The molecule has 0 atom stereocenters. The number of amides is 2. The maximum atomic E-state index is 12.2. The monoisotopic (exact) mass is 368 g/mol.